The molecule has 4 rings (SSSR count). The molecule has 0 atom stereocenters. The van der Waals surface area contributed by atoms with Crippen LogP contribution in [0.25, 0.3) is 11.4 Å². The van der Waals surface area contributed by atoms with E-state index in [1.54, 1.807) is 47.8 Å². The Morgan fingerprint density at radius 3 is 2.73 bits per heavy atom. The first kappa shape index (κ1) is 19.6. The minimum atomic E-state index is -1.43. The summed E-state index contributed by atoms with van der Waals surface area (Å²) in [6.45, 7) is 0.609. The van der Waals surface area contributed by atoms with Crippen LogP contribution in [0.2, 0.25) is 0 Å². The standard InChI is InChI=1S/C22H19FN6O/c23-22(11-16-10-17(12-24)14-26-13-16)4-8-29(9-5-22)21(30)18-2-1-6-27-20(18)19-3-7-25-15-28-19/h1-3,6-7,10,13-15H,4-5,8-9,11H2. The third-order valence-electron chi connectivity index (χ3n) is 5.25. The van der Waals surface area contributed by atoms with Crippen LogP contribution < -0.4 is 0 Å². The van der Waals surface area contributed by atoms with Crippen LogP contribution in [-0.2, 0) is 6.42 Å². The van der Waals surface area contributed by atoms with Crippen LogP contribution in [0.1, 0.15) is 34.3 Å². The molecule has 30 heavy (non-hydrogen) atoms. The number of carbonyl (C=O) groups excluding carboxylic acids is 1. The number of pyridine rings is 2. The Balaban J connectivity index is 1.47. The molecule has 0 saturated carbocycles. The molecule has 0 radical (unpaired) electrons. The quantitative estimate of drug-likeness (QED) is 0.666. The molecule has 1 amide bonds. The van der Waals surface area contributed by atoms with Crippen molar-refractivity contribution in [1.82, 2.24) is 24.8 Å². The number of rotatable bonds is 4. The second-order valence-electron chi connectivity index (χ2n) is 7.31. The first-order chi connectivity index (χ1) is 14.6. The highest BCUT2D eigenvalue weighted by atomic mass is 19.1. The predicted octanol–water partition coefficient (Wildman–Crippen LogP) is 2.99. The molecular weight excluding hydrogens is 383 g/mol. The van der Waals surface area contributed by atoms with Gasteiger partial charge in [-0.25, -0.2) is 14.4 Å². The van der Waals surface area contributed by atoms with Crippen LogP contribution in [0.5, 0.6) is 0 Å². The summed E-state index contributed by atoms with van der Waals surface area (Å²) in [5, 5.41) is 9.00. The molecule has 150 valence electrons. The minimum Gasteiger partial charge on any atom is -0.338 e. The number of amides is 1. The molecule has 0 unspecified atom stereocenters. The van der Waals surface area contributed by atoms with Crippen LogP contribution in [-0.4, -0.2) is 49.5 Å². The van der Waals surface area contributed by atoms with E-state index in [1.807, 2.05) is 6.07 Å². The van der Waals surface area contributed by atoms with Gasteiger partial charge in [-0.1, -0.05) is 0 Å². The van der Waals surface area contributed by atoms with E-state index in [1.165, 1.54) is 12.5 Å². The Labute approximate surface area is 173 Å². The molecule has 7 nitrogen and oxygen atoms in total. The highest BCUT2D eigenvalue weighted by molar-refractivity contribution is 5.99. The van der Waals surface area contributed by atoms with Crippen molar-refractivity contribution in [3.63, 3.8) is 0 Å². The number of likely N-dealkylation sites (tertiary alicyclic amines) is 1. The summed E-state index contributed by atoms with van der Waals surface area (Å²) in [7, 11) is 0. The van der Waals surface area contributed by atoms with Crippen molar-refractivity contribution in [3.8, 4) is 17.5 Å². The third kappa shape index (κ3) is 4.15. The number of piperidine rings is 1. The Kier molecular flexibility index (Phi) is 5.44. The Bertz CT molecular complexity index is 1090. The molecule has 4 heterocycles. The van der Waals surface area contributed by atoms with Gasteiger partial charge in [0, 0.05) is 44.3 Å². The lowest BCUT2D eigenvalue weighted by Gasteiger charge is -2.36. The number of nitriles is 1. The largest absolute Gasteiger partial charge is 0.338 e. The highest BCUT2D eigenvalue weighted by Gasteiger charge is 2.37. The molecule has 0 spiro atoms. The van der Waals surface area contributed by atoms with Gasteiger partial charge in [0.1, 0.15) is 23.8 Å². The van der Waals surface area contributed by atoms with E-state index in [2.05, 4.69) is 19.9 Å². The number of aromatic nitrogens is 4. The first-order valence-corrected chi connectivity index (χ1v) is 9.62. The summed E-state index contributed by atoms with van der Waals surface area (Å²) in [5.74, 6) is -0.188. The van der Waals surface area contributed by atoms with Gasteiger partial charge in [-0.05, 0) is 42.7 Å². The van der Waals surface area contributed by atoms with E-state index in [0.29, 0.717) is 41.2 Å². The van der Waals surface area contributed by atoms with Crippen LogP contribution in [0.3, 0.4) is 0 Å². The van der Waals surface area contributed by atoms with Gasteiger partial charge in [0.25, 0.3) is 5.91 Å². The lowest BCUT2D eigenvalue weighted by molar-refractivity contribution is 0.0437. The first-order valence-electron chi connectivity index (χ1n) is 9.62. The Morgan fingerprint density at radius 2 is 2.00 bits per heavy atom. The van der Waals surface area contributed by atoms with Gasteiger partial charge in [-0.15, -0.1) is 0 Å². The monoisotopic (exact) mass is 402 g/mol. The summed E-state index contributed by atoms with van der Waals surface area (Å²) in [4.78, 5) is 31.2. The van der Waals surface area contributed by atoms with Gasteiger partial charge in [0.2, 0.25) is 0 Å². The maximum atomic E-state index is 15.4. The molecule has 0 bridgehead atoms. The predicted molar refractivity (Wildman–Crippen MR) is 107 cm³/mol. The molecule has 1 aliphatic rings. The average molecular weight is 402 g/mol. The third-order valence-corrected chi connectivity index (χ3v) is 5.25. The van der Waals surface area contributed by atoms with Crippen molar-refractivity contribution in [2.24, 2.45) is 0 Å². The molecule has 3 aromatic heterocycles. The highest BCUT2D eigenvalue weighted by Crippen LogP contribution is 2.32. The molecule has 0 N–H and O–H groups in total. The van der Waals surface area contributed by atoms with Crippen molar-refractivity contribution in [2.45, 2.75) is 24.9 Å². The lowest BCUT2D eigenvalue weighted by Crippen LogP contribution is -2.45. The molecule has 1 saturated heterocycles. The van der Waals surface area contributed by atoms with Gasteiger partial charge < -0.3 is 4.90 Å². The van der Waals surface area contributed by atoms with Gasteiger partial charge in [0.05, 0.1) is 16.8 Å². The second kappa shape index (κ2) is 8.33. The number of hydrogen-bond acceptors (Lipinski definition) is 6. The smallest absolute Gasteiger partial charge is 0.256 e. The van der Waals surface area contributed by atoms with Gasteiger partial charge in [0.15, 0.2) is 0 Å². The zero-order valence-corrected chi connectivity index (χ0v) is 16.2. The van der Waals surface area contributed by atoms with Crippen molar-refractivity contribution >= 4 is 5.91 Å². The van der Waals surface area contributed by atoms with Crippen molar-refractivity contribution in [3.05, 3.63) is 72.1 Å². The fourth-order valence-electron chi connectivity index (χ4n) is 3.68. The van der Waals surface area contributed by atoms with Crippen molar-refractivity contribution in [1.29, 1.82) is 5.26 Å². The van der Waals surface area contributed by atoms with E-state index in [0.717, 1.165) is 0 Å². The zero-order chi connectivity index (χ0) is 21.0. The van der Waals surface area contributed by atoms with Crippen LogP contribution in [0, 0.1) is 11.3 Å². The maximum Gasteiger partial charge on any atom is 0.256 e. The molecule has 0 aromatic carbocycles. The van der Waals surface area contributed by atoms with Gasteiger partial charge >= 0.3 is 0 Å². The fourth-order valence-corrected chi connectivity index (χ4v) is 3.68. The topological polar surface area (TPSA) is 95.7 Å². The van der Waals surface area contributed by atoms with E-state index in [4.69, 9.17) is 5.26 Å². The number of alkyl halides is 1. The summed E-state index contributed by atoms with van der Waals surface area (Å²) >= 11 is 0. The number of nitrogens with zero attached hydrogens (tertiary/aromatic N) is 6. The summed E-state index contributed by atoms with van der Waals surface area (Å²) in [5.41, 5.74) is 1.16. The summed E-state index contributed by atoms with van der Waals surface area (Å²) in [6, 6.07) is 8.80. The molecule has 8 heteroatoms. The fraction of sp³-hybridized carbons (Fsp3) is 0.273. The Hall–Kier alpha value is -3.73. The van der Waals surface area contributed by atoms with Crippen LogP contribution in [0.4, 0.5) is 4.39 Å². The van der Waals surface area contributed by atoms with Crippen LogP contribution in [0.15, 0.2) is 55.4 Å². The Morgan fingerprint density at radius 1 is 1.17 bits per heavy atom. The minimum absolute atomic E-state index is 0.177. The lowest BCUT2D eigenvalue weighted by atomic mass is 9.87. The SMILES string of the molecule is N#Cc1cncc(CC2(F)CCN(C(=O)c3cccnc3-c3ccncn3)CC2)c1. The molecule has 0 aliphatic carbocycles. The van der Waals surface area contributed by atoms with Crippen molar-refractivity contribution in [2.75, 3.05) is 13.1 Å². The normalized spacial score (nSPS) is 15.4. The van der Waals surface area contributed by atoms with E-state index < -0.39 is 5.67 Å². The van der Waals surface area contributed by atoms with Gasteiger partial charge in [-0.3, -0.25) is 14.8 Å². The van der Waals surface area contributed by atoms with E-state index in [-0.39, 0.29) is 25.2 Å². The summed E-state index contributed by atoms with van der Waals surface area (Å²) < 4.78 is 15.4. The molecule has 1 fully saturated rings. The maximum absolute atomic E-state index is 15.4. The molecule has 1 aliphatic heterocycles. The molecular formula is C22H19FN6O. The number of halogens is 1. The van der Waals surface area contributed by atoms with E-state index in [9.17, 15) is 4.79 Å². The van der Waals surface area contributed by atoms with E-state index >= 15 is 4.39 Å². The average Bonchev–Trinajstić information content (AvgIpc) is 2.79. The van der Waals surface area contributed by atoms with Crippen molar-refractivity contribution < 1.29 is 9.18 Å². The molecule has 3 aromatic rings. The van der Waals surface area contributed by atoms with Crippen LogP contribution >= 0.6 is 0 Å². The number of hydrogen-bond donors (Lipinski definition) is 0. The van der Waals surface area contributed by atoms with Gasteiger partial charge in [-0.2, -0.15) is 5.26 Å². The number of carbonyl (C=O) groups is 1. The summed E-state index contributed by atoms with van der Waals surface area (Å²) in [6.07, 6.45) is 8.28. The zero-order valence-electron chi connectivity index (χ0n) is 16.2. The second-order valence-corrected chi connectivity index (χ2v) is 7.31.